The average Bonchev–Trinajstić information content (AvgIpc) is 2.46. The molecule has 2 heterocycles. The second kappa shape index (κ2) is 5.54. The maximum Gasteiger partial charge on any atom is 0.0371 e. The van der Waals surface area contributed by atoms with Gasteiger partial charge in [-0.1, -0.05) is 19.1 Å². The minimum absolute atomic E-state index is 0.724. The van der Waals surface area contributed by atoms with Gasteiger partial charge in [-0.2, -0.15) is 0 Å². The molecule has 0 amide bonds. The topological polar surface area (TPSA) is 15.3 Å². The first-order valence-electron chi connectivity index (χ1n) is 7.86. The van der Waals surface area contributed by atoms with Gasteiger partial charge in [0.25, 0.3) is 0 Å². The van der Waals surface area contributed by atoms with Gasteiger partial charge >= 0.3 is 0 Å². The number of hydrogen-bond donors (Lipinski definition) is 1. The Morgan fingerprint density at radius 1 is 1.11 bits per heavy atom. The fourth-order valence-corrected chi connectivity index (χ4v) is 3.94. The van der Waals surface area contributed by atoms with Crippen molar-refractivity contribution >= 4 is 5.69 Å². The Kier molecular flexibility index (Phi) is 3.79. The summed E-state index contributed by atoms with van der Waals surface area (Å²) in [5, 5.41) is 3.50. The van der Waals surface area contributed by atoms with E-state index in [9.17, 15) is 0 Å². The van der Waals surface area contributed by atoms with E-state index in [0.717, 1.165) is 24.5 Å². The van der Waals surface area contributed by atoms with Crippen LogP contribution in [-0.4, -0.2) is 25.2 Å². The van der Waals surface area contributed by atoms with Crippen LogP contribution in [0.2, 0.25) is 0 Å². The van der Waals surface area contributed by atoms with Crippen molar-refractivity contribution in [3.8, 4) is 0 Å². The summed E-state index contributed by atoms with van der Waals surface area (Å²) in [6.45, 7) is 2.22. The summed E-state index contributed by atoms with van der Waals surface area (Å²) in [6, 6.07) is 11.5. The lowest BCUT2D eigenvalue weighted by atomic mass is 9.81. The van der Waals surface area contributed by atoms with Gasteiger partial charge in [0, 0.05) is 23.8 Å². The summed E-state index contributed by atoms with van der Waals surface area (Å²) < 4.78 is 0. The Morgan fingerprint density at radius 3 is 2.26 bits per heavy atom. The zero-order valence-electron chi connectivity index (χ0n) is 12.2. The fraction of sp³-hybridized carbons (Fsp3) is 0.647. The third-order valence-electron chi connectivity index (χ3n) is 5.03. The fourth-order valence-electron chi connectivity index (χ4n) is 3.94. The number of aryl methyl sites for hydroxylation is 1. The van der Waals surface area contributed by atoms with Crippen LogP contribution in [-0.2, 0) is 6.42 Å². The minimum Gasteiger partial charge on any atom is -0.365 e. The molecule has 0 radical (unpaired) electrons. The average molecular weight is 258 g/mol. The van der Waals surface area contributed by atoms with Crippen molar-refractivity contribution in [2.24, 2.45) is 0 Å². The minimum atomic E-state index is 0.724. The van der Waals surface area contributed by atoms with Crippen molar-refractivity contribution in [3.05, 3.63) is 29.8 Å². The van der Waals surface area contributed by atoms with Crippen LogP contribution in [0.15, 0.2) is 24.3 Å². The van der Waals surface area contributed by atoms with Crippen molar-refractivity contribution in [3.63, 3.8) is 0 Å². The molecule has 2 bridgehead atoms. The van der Waals surface area contributed by atoms with Crippen LogP contribution < -0.4 is 10.2 Å². The third kappa shape index (κ3) is 2.51. The summed E-state index contributed by atoms with van der Waals surface area (Å²) in [5.74, 6) is 0. The van der Waals surface area contributed by atoms with Gasteiger partial charge in [-0.05, 0) is 63.3 Å². The molecule has 2 aliphatic heterocycles. The lowest BCUT2D eigenvalue weighted by Gasteiger charge is -2.50. The predicted molar refractivity (Wildman–Crippen MR) is 81.8 cm³/mol. The second-order valence-corrected chi connectivity index (χ2v) is 6.12. The molecule has 0 aliphatic carbocycles. The van der Waals surface area contributed by atoms with E-state index in [1.54, 1.807) is 0 Å². The molecule has 0 saturated carbocycles. The third-order valence-corrected chi connectivity index (χ3v) is 5.03. The van der Waals surface area contributed by atoms with Crippen LogP contribution >= 0.6 is 0 Å². The molecule has 3 rings (SSSR count). The first-order valence-corrected chi connectivity index (χ1v) is 7.86. The van der Waals surface area contributed by atoms with Crippen LogP contribution in [0.5, 0.6) is 0 Å². The molecule has 0 aromatic heterocycles. The van der Waals surface area contributed by atoms with Crippen LogP contribution in [0.1, 0.15) is 44.6 Å². The van der Waals surface area contributed by atoms with Crippen LogP contribution in [0, 0.1) is 0 Å². The van der Waals surface area contributed by atoms with E-state index in [2.05, 4.69) is 48.5 Å². The number of rotatable bonds is 3. The zero-order chi connectivity index (χ0) is 13.2. The van der Waals surface area contributed by atoms with E-state index in [1.807, 2.05) is 0 Å². The summed E-state index contributed by atoms with van der Waals surface area (Å²) in [7, 11) is 2.12. The quantitative estimate of drug-likeness (QED) is 0.894. The molecule has 2 heteroatoms. The molecule has 1 aromatic rings. The van der Waals surface area contributed by atoms with Crippen molar-refractivity contribution in [2.75, 3.05) is 11.9 Å². The van der Waals surface area contributed by atoms with Gasteiger partial charge in [-0.25, -0.2) is 0 Å². The first-order chi connectivity index (χ1) is 9.31. The van der Waals surface area contributed by atoms with Gasteiger partial charge in [0.1, 0.15) is 0 Å². The van der Waals surface area contributed by atoms with Crippen LogP contribution in [0.25, 0.3) is 0 Å². The Hall–Kier alpha value is -1.02. The highest BCUT2D eigenvalue weighted by atomic mass is 15.2. The number of benzene rings is 1. The molecule has 2 fully saturated rings. The number of nitrogens with one attached hydrogen (secondary N) is 1. The monoisotopic (exact) mass is 258 g/mol. The lowest BCUT2D eigenvalue weighted by molar-refractivity contribution is 0.252. The molecular weight excluding hydrogens is 232 g/mol. The predicted octanol–water partition coefficient (Wildman–Crippen LogP) is 3.36. The van der Waals surface area contributed by atoms with E-state index < -0.39 is 0 Å². The SMILES string of the molecule is CCc1ccc(N2C3CCCC2CC(NC)C3)cc1. The zero-order valence-corrected chi connectivity index (χ0v) is 12.2. The number of anilines is 1. The number of piperidine rings is 2. The van der Waals surface area contributed by atoms with E-state index in [4.69, 9.17) is 0 Å². The first kappa shape index (κ1) is 13.0. The Balaban J connectivity index is 1.82. The van der Waals surface area contributed by atoms with E-state index >= 15 is 0 Å². The maximum atomic E-state index is 3.50. The number of hydrogen-bond acceptors (Lipinski definition) is 2. The molecule has 19 heavy (non-hydrogen) atoms. The normalized spacial score (nSPS) is 30.4. The van der Waals surface area contributed by atoms with Crippen molar-refractivity contribution in [1.82, 2.24) is 5.32 Å². The van der Waals surface area contributed by atoms with Gasteiger partial charge in [0.15, 0.2) is 0 Å². The standard InChI is InChI=1S/C17H26N2/c1-3-13-7-9-15(10-8-13)19-16-5-4-6-17(19)12-14(11-16)18-2/h7-10,14,16-18H,3-6,11-12H2,1-2H3. The smallest absolute Gasteiger partial charge is 0.0371 e. The molecule has 1 N–H and O–H groups in total. The maximum absolute atomic E-state index is 3.50. The summed E-state index contributed by atoms with van der Waals surface area (Å²) in [4.78, 5) is 2.72. The molecule has 2 atom stereocenters. The van der Waals surface area contributed by atoms with Gasteiger partial charge in [0.2, 0.25) is 0 Å². The van der Waals surface area contributed by atoms with Gasteiger partial charge in [-0.3, -0.25) is 0 Å². The van der Waals surface area contributed by atoms with Gasteiger partial charge < -0.3 is 10.2 Å². The van der Waals surface area contributed by atoms with Crippen LogP contribution in [0.4, 0.5) is 5.69 Å². The molecule has 2 unspecified atom stereocenters. The molecule has 2 saturated heterocycles. The summed E-state index contributed by atoms with van der Waals surface area (Å²) in [5.41, 5.74) is 2.89. The highest BCUT2D eigenvalue weighted by Gasteiger charge is 2.37. The highest BCUT2D eigenvalue weighted by molar-refractivity contribution is 5.51. The molecule has 2 nitrogen and oxygen atoms in total. The Labute approximate surface area is 117 Å². The summed E-state index contributed by atoms with van der Waals surface area (Å²) in [6.07, 6.45) is 7.89. The molecule has 0 spiro atoms. The largest absolute Gasteiger partial charge is 0.365 e. The molecule has 104 valence electrons. The molecular formula is C17H26N2. The van der Waals surface area contributed by atoms with E-state index in [1.165, 1.54) is 43.4 Å². The number of nitrogens with zero attached hydrogens (tertiary/aromatic N) is 1. The van der Waals surface area contributed by atoms with E-state index in [0.29, 0.717) is 0 Å². The number of fused-ring (bicyclic) bond motifs is 2. The summed E-state index contributed by atoms with van der Waals surface area (Å²) >= 11 is 0. The van der Waals surface area contributed by atoms with E-state index in [-0.39, 0.29) is 0 Å². The lowest BCUT2D eigenvalue weighted by Crippen LogP contribution is -2.56. The van der Waals surface area contributed by atoms with Crippen molar-refractivity contribution in [1.29, 1.82) is 0 Å². The Bertz CT molecular complexity index is 398. The van der Waals surface area contributed by atoms with Gasteiger partial charge in [0.05, 0.1) is 0 Å². The molecule has 2 aliphatic rings. The second-order valence-electron chi connectivity index (χ2n) is 6.12. The highest BCUT2D eigenvalue weighted by Crippen LogP contribution is 2.37. The van der Waals surface area contributed by atoms with Gasteiger partial charge in [-0.15, -0.1) is 0 Å². The van der Waals surface area contributed by atoms with Crippen molar-refractivity contribution in [2.45, 2.75) is 63.6 Å². The van der Waals surface area contributed by atoms with Crippen LogP contribution in [0.3, 0.4) is 0 Å². The Morgan fingerprint density at radius 2 is 1.74 bits per heavy atom. The molecule has 1 aromatic carbocycles. The van der Waals surface area contributed by atoms with Crippen molar-refractivity contribution < 1.29 is 0 Å².